The van der Waals surface area contributed by atoms with Crippen molar-refractivity contribution in [2.45, 2.75) is 12.2 Å². The van der Waals surface area contributed by atoms with Gasteiger partial charge in [-0.2, -0.15) is 0 Å². The molecule has 2 fully saturated rings. The standard InChI is InChI=1S/C19H16N4O2.C16H13ClN4O.C3H4O/c24-11-3-6-17-19(21-10-9-20-17)25-15-12-23(13-15)18-8-7-14-4-1-2-5-16(14)22-18;17-15-16(19-8-7-18-15)22-12-9-21(10-12)14-6-5-11-3-1-2-4-13(11)20-14;1-2-3-4/h1-2,4-5,7-10,15,24H,11-13H2;1-8,12H,9-10H2;1,4H,3H2. The number of halogens is 1. The summed E-state index contributed by atoms with van der Waals surface area (Å²) in [6.07, 6.45) is 10.8. The fraction of sp³-hybridized carbons (Fsp3) is 0.211. The molecule has 0 aliphatic carbocycles. The van der Waals surface area contributed by atoms with Gasteiger partial charge in [-0.3, -0.25) is 0 Å². The average Bonchev–Trinajstić information content (AvgIpc) is 3.14. The van der Waals surface area contributed by atoms with Gasteiger partial charge in [0.15, 0.2) is 10.8 Å². The van der Waals surface area contributed by atoms with Crippen LogP contribution in [-0.4, -0.2) is 91.7 Å². The first kappa shape index (κ1) is 34.8. The molecule has 0 spiro atoms. The second kappa shape index (κ2) is 17.1. The SMILES string of the molecule is C#CCO.Clc1nccnc1OC1CN(c2ccc3ccccc3n2)C1.OCC#Cc1nccnc1OC1CN(c2ccc3ccccc3n2)C1. The van der Waals surface area contributed by atoms with E-state index in [4.69, 9.17) is 31.3 Å². The minimum atomic E-state index is -0.221. The molecule has 2 aromatic carbocycles. The zero-order valence-corrected chi connectivity index (χ0v) is 28.1. The Hall–Kier alpha value is -6.05. The van der Waals surface area contributed by atoms with Gasteiger partial charge in [-0.15, -0.1) is 6.42 Å². The van der Waals surface area contributed by atoms with Crippen LogP contribution in [0.4, 0.5) is 11.6 Å². The van der Waals surface area contributed by atoms with E-state index in [1.165, 1.54) is 0 Å². The average molecular weight is 701 g/mol. The Labute approximate surface area is 299 Å². The molecule has 2 aliphatic rings. The van der Waals surface area contributed by atoms with Gasteiger partial charge in [-0.25, -0.2) is 29.9 Å². The lowest BCUT2D eigenvalue weighted by Crippen LogP contribution is -2.54. The number of ether oxygens (including phenoxy) is 2. The van der Waals surface area contributed by atoms with E-state index in [1.54, 1.807) is 24.8 Å². The van der Waals surface area contributed by atoms with Gasteiger partial charge >= 0.3 is 0 Å². The number of terminal acetylenes is 1. The molecule has 0 atom stereocenters. The van der Waals surface area contributed by atoms with Gasteiger partial charge in [0.25, 0.3) is 5.88 Å². The minimum absolute atomic E-state index is 0.0136. The molecular formula is C38H33ClN8O4. The second-order valence-corrected chi connectivity index (χ2v) is 11.6. The summed E-state index contributed by atoms with van der Waals surface area (Å²) >= 11 is 5.94. The van der Waals surface area contributed by atoms with Crippen molar-refractivity contribution < 1.29 is 19.7 Å². The Morgan fingerprint density at radius 1 is 0.667 bits per heavy atom. The van der Waals surface area contributed by atoms with Crippen LogP contribution in [0.2, 0.25) is 5.15 Å². The first-order valence-electron chi connectivity index (χ1n) is 16.0. The third-order valence-electron chi connectivity index (χ3n) is 7.73. The Kier molecular flexibility index (Phi) is 11.6. The number of para-hydroxylation sites is 2. The number of anilines is 2. The van der Waals surface area contributed by atoms with Crippen molar-refractivity contribution in [2.75, 3.05) is 49.2 Å². The lowest BCUT2D eigenvalue weighted by Gasteiger charge is -2.39. The number of hydrogen-bond donors (Lipinski definition) is 2. The van der Waals surface area contributed by atoms with Crippen molar-refractivity contribution in [3.8, 4) is 35.9 Å². The molecule has 51 heavy (non-hydrogen) atoms. The van der Waals surface area contributed by atoms with E-state index in [9.17, 15) is 0 Å². The van der Waals surface area contributed by atoms with Gasteiger partial charge < -0.3 is 29.5 Å². The van der Waals surface area contributed by atoms with Gasteiger partial charge in [-0.1, -0.05) is 59.8 Å². The summed E-state index contributed by atoms with van der Waals surface area (Å²) in [6, 6.07) is 24.4. The van der Waals surface area contributed by atoms with Crippen LogP contribution in [0.1, 0.15) is 5.69 Å². The summed E-state index contributed by atoms with van der Waals surface area (Å²) in [5.41, 5.74) is 2.43. The second-order valence-electron chi connectivity index (χ2n) is 11.2. The Morgan fingerprint density at radius 2 is 1.16 bits per heavy atom. The van der Waals surface area contributed by atoms with Crippen LogP contribution in [0.5, 0.6) is 11.8 Å². The lowest BCUT2D eigenvalue weighted by atomic mass is 10.1. The Morgan fingerprint density at radius 3 is 1.69 bits per heavy atom. The zero-order chi connectivity index (χ0) is 35.4. The van der Waals surface area contributed by atoms with Crippen LogP contribution in [0, 0.1) is 24.2 Å². The van der Waals surface area contributed by atoms with Crippen LogP contribution >= 0.6 is 11.6 Å². The summed E-state index contributed by atoms with van der Waals surface area (Å²) in [4.78, 5) is 30.1. The highest BCUT2D eigenvalue weighted by Crippen LogP contribution is 2.27. The molecular weight excluding hydrogens is 668 g/mol. The fourth-order valence-electron chi connectivity index (χ4n) is 5.19. The van der Waals surface area contributed by atoms with E-state index < -0.39 is 0 Å². The maximum absolute atomic E-state index is 8.82. The Balaban J connectivity index is 0.000000160. The number of benzene rings is 2. The van der Waals surface area contributed by atoms with E-state index in [2.05, 4.69) is 82.2 Å². The molecule has 2 N–H and O–H groups in total. The predicted octanol–water partition coefficient (Wildman–Crippen LogP) is 4.19. The van der Waals surface area contributed by atoms with Crippen molar-refractivity contribution >= 4 is 45.0 Å². The maximum Gasteiger partial charge on any atom is 0.252 e. The largest absolute Gasteiger partial charge is 0.469 e. The third-order valence-corrected chi connectivity index (χ3v) is 7.99. The molecule has 2 aliphatic heterocycles. The van der Waals surface area contributed by atoms with Crippen molar-refractivity contribution in [3.63, 3.8) is 0 Å². The summed E-state index contributed by atoms with van der Waals surface area (Å²) in [7, 11) is 0. The maximum atomic E-state index is 8.82. The van der Waals surface area contributed by atoms with E-state index in [1.807, 2.05) is 54.5 Å². The van der Waals surface area contributed by atoms with Crippen molar-refractivity contribution in [2.24, 2.45) is 0 Å². The summed E-state index contributed by atoms with van der Waals surface area (Å²) < 4.78 is 11.6. The number of nitrogens with zero attached hydrogens (tertiary/aromatic N) is 8. The molecule has 0 bridgehead atoms. The van der Waals surface area contributed by atoms with Crippen LogP contribution < -0.4 is 19.3 Å². The lowest BCUT2D eigenvalue weighted by molar-refractivity contribution is 0.159. The molecule has 0 unspecified atom stereocenters. The number of aliphatic hydroxyl groups is 2. The van der Waals surface area contributed by atoms with Gasteiger partial charge in [0.05, 0.1) is 37.2 Å². The highest BCUT2D eigenvalue weighted by molar-refractivity contribution is 6.30. The van der Waals surface area contributed by atoms with Crippen molar-refractivity contribution in [3.05, 3.63) is 108 Å². The minimum Gasteiger partial charge on any atom is -0.469 e. The van der Waals surface area contributed by atoms with Crippen molar-refractivity contribution in [1.82, 2.24) is 29.9 Å². The summed E-state index contributed by atoms with van der Waals surface area (Å²) in [5, 5.41) is 19.0. The molecule has 6 aromatic rings. The molecule has 8 rings (SSSR count). The van der Waals surface area contributed by atoms with E-state index in [0.29, 0.717) is 22.6 Å². The third kappa shape index (κ3) is 8.95. The van der Waals surface area contributed by atoms with Crippen LogP contribution in [0.25, 0.3) is 21.8 Å². The molecule has 0 radical (unpaired) electrons. The van der Waals surface area contributed by atoms with Gasteiger partial charge in [0.2, 0.25) is 5.88 Å². The predicted molar refractivity (Wildman–Crippen MR) is 196 cm³/mol. The van der Waals surface area contributed by atoms with Gasteiger partial charge in [0, 0.05) is 35.6 Å². The number of pyridine rings is 2. The number of aliphatic hydroxyl groups excluding tert-OH is 2. The normalized spacial score (nSPS) is 13.6. The molecule has 4 aromatic heterocycles. The zero-order valence-electron chi connectivity index (χ0n) is 27.4. The number of hydrogen-bond acceptors (Lipinski definition) is 12. The highest BCUT2D eigenvalue weighted by atomic mass is 35.5. The van der Waals surface area contributed by atoms with Crippen LogP contribution in [-0.2, 0) is 0 Å². The van der Waals surface area contributed by atoms with Crippen LogP contribution in [0.15, 0.2) is 97.6 Å². The first-order valence-corrected chi connectivity index (χ1v) is 16.4. The molecule has 6 heterocycles. The van der Waals surface area contributed by atoms with E-state index >= 15 is 0 Å². The summed E-state index contributed by atoms with van der Waals surface area (Å²) in [6.45, 7) is 2.61. The molecule has 13 heteroatoms. The van der Waals surface area contributed by atoms with E-state index in [-0.39, 0.29) is 25.4 Å². The van der Waals surface area contributed by atoms with Gasteiger partial charge in [-0.05, 0) is 42.3 Å². The monoisotopic (exact) mass is 700 g/mol. The van der Waals surface area contributed by atoms with Gasteiger partial charge in [0.1, 0.15) is 37.1 Å². The fourth-order valence-corrected chi connectivity index (χ4v) is 5.34. The molecule has 0 saturated carbocycles. The number of rotatable bonds is 6. The van der Waals surface area contributed by atoms with Crippen molar-refractivity contribution in [1.29, 1.82) is 0 Å². The molecule has 12 nitrogen and oxygen atoms in total. The topological polar surface area (TPSA) is 143 Å². The smallest absolute Gasteiger partial charge is 0.252 e. The molecule has 256 valence electrons. The quantitative estimate of drug-likeness (QED) is 0.241. The number of fused-ring (bicyclic) bond motifs is 2. The molecule has 2 saturated heterocycles. The molecule has 0 amide bonds. The van der Waals surface area contributed by atoms with Crippen LogP contribution in [0.3, 0.4) is 0 Å². The van der Waals surface area contributed by atoms with E-state index in [0.717, 1.165) is 59.6 Å². The highest BCUT2D eigenvalue weighted by Gasteiger charge is 2.31. The summed E-state index contributed by atoms with van der Waals surface area (Å²) in [5.74, 6) is 10.0. The number of aromatic nitrogens is 6. The Bertz CT molecular complexity index is 2190. The first-order chi connectivity index (χ1) is 25.0.